The average Bonchev–Trinajstić information content (AvgIpc) is 2.59. The van der Waals surface area contributed by atoms with Crippen LogP contribution in [-0.4, -0.2) is 30.1 Å². The largest absolute Gasteiger partial charge is 0.334 e. The van der Waals surface area contributed by atoms with E-state index in [-0.39, 0.29) is 12.5 Å². The summed E-state index contributed by atoms with van der Waals surface area (Å²) in [6.45, 7) is 0.551. The second kappa shape index (κ2) is 4.96. The fraction of sp³-hybridized carbons (Fsp3) is 0.833. The van der Waals surface area contributed by atoms with Crippen LogP contribution in [0.2, 0.25) is 0 Å². The van der Waals surface area contributed by atoms with Crippen LogP contribution in [0, 0.1) is 0 Å². The topological polar surface area (TPSA) is 118 Å². The van der Waals surface area contributed by atoms with Crippen LogP contribution in [0.25, 0.3) is 20.9 Å². The molecule has 0 aromatic rings. The van der Waals surface area contributed by atoms with E-state index in [9.17, 15) is 4.79 Å². The van der Waals surface area contributed by atoms with Gasteiger partial charge >= 0.3 is 0 Å². The molecule has 1 amide bonds. The van der Waals surface area contributed by atoms with E-state index in [1.807, 2.05) is 0 Å². The summed E-state index contributed by atoms with van der Waals surface area (Å²) in [7, 11) is 0. The number of carbonyl (C=O) groups is 1. The predicted octanol–water partition coefficient (Wildman–Crippen LogP) is 1.56. The number of hydrogen-bond donors (Lipinski definition) is 0. The molecule has 14 heavy (non-hydrogen) atoms. The Labute approximate surface area is 79.7 Å². The molecule has 0 N–H and O–H groups in total. The van der Waals surface area contributed by atoms with Gasteiger partial charge < -0.3 is 4.90 Å². The molecule has 8 nitrogen and oxygen atoms in total. The van der Waals surface area contributed by atoms with Crippen molar-refractivity contribution in [2.24, 2.45) is 10.2 Å². The molecule has 0 saturated carbocycles. The normalized spacial score (nSPS) is 17.1. The highest BCUT2D eigenvalue weighted by Crippen LogP contribution is 2.14. The number of azide groups is 2. The summed E-state index contributed by atoms with van der Waals surface area (Å²) < 4.78 is 0. The van der Waals surface area contributed by atoms with E-state index in [1.54, 1.807) is 0 Å². The number of amides is 1. The van der Waals surface area contributed by atoms with Gasteiger partial charge in [0.25, 0.3) is 0 Å². The second-order valence-corrected chi connectivity index (χ2v) is 2.79. The van der Waals surface area contributed by atoms with E-state index in [0.29, 0.717) is 13.0 Å². The minimum Gasteiger partial charge on any atom is -0.334 e. The molecule has 1 rings (SSSR count). The van der Waals surface area contributed by atoms with Crippen LogP contribution >= 0.6 is 0 Å². The zero-order valence-corrected chi connectivity index (χ0v) is 7.44. The lowest BCUT2D eigenvalue weighted by atomic mass is 10.4. The minimum atomic E-state index is -0.675. The van der Waals surface area contributed by atoms with Crippen LogP contribution in [0.4, 0.5) is 0 Å². The Kier molecular flexibility index (Phi) is 3.60. The molecular formula is C6H9N7O. The van der Waals surface area contributed by atoms with Gasteiger partial charge in [0.1, 0.15) is 6.17 Å². The van der Waals surface area contributed by atoms with Gasteiger partial charge in [0.15, 0.2) is 0 Å². The van der Waals surface area contributed by atoms with E-state index in [4.69, 9.17) is 11.1 Å². The van der Waals surface area contributed by atoms with E-state index in [1.165, 1.54) is 4.90 Å². The molecule has 0 aromatic heterocycles. The smallest absolute Gasteiger partial charge is 0.223 e. The molecule has 1 unspecified atom stereocenters. The van der Waals surface area contributed by atoms with E-state index >= 15 is 0 Å². The van der Waals surface area contributed by atoms with Crippen molar-refractivity contribution in [3.05, 3.63) is 20.9 Å². The van der Waals surface area contributed by atoms with Crippen molar-refractivity contribution in [3.63, 3.8) is 0 Å². The van der Waals surface area contributed by atoms with Gasteiger partial charge in [0.2, 0.25) is 5.91 Å². The summed E-state index contributed by atoms with van der Waals surface area (Å²) in [5.74, 6) is -0.0597. The molecule has 74 valence electrons. The number of rotatable bonds is 4. The van der Waals surface area contributed by atoms with Gasteiger partial charge in [-0.2, -0.15) is 0 Å². The Balaban J connectivity index is 2.70. The number of carbonyl (C=O) groups excluding carboxylic acids is 1. The first-order chi connectivity index (χ1) is 6.79. The van der Waals surface area contributed by atoms with Gasteiger partial charge in [-0.15, -0.1) is 0 Å². The van der Waals surface area contributed by atoms with Crippen molar-refractivity contribution in [2.75, 3.05) is 13.1 Å². The third kappa shape index (κ3) is 2.29. The van der Waals surface area contributed by atoms with Crippen LogP contribution < -0.4 is 0 Å². The van der Waals surface area contributed by atoms with Crippen LogP contribution in [-0.2, 0) is 4.79 Å². The molecule has 8 heteroatoms. The van der Waals surface area contributed by atoms with Gasteiger partial charge in [-0.1, -0.05) is 10.2 Å². The van der Waals surface area contributed by atoms with E-state index in [0.717, 1.165) is 6.42 Å². The Hall–Kier alpha value is -1.91. The van der Waals surface area contributed by atoms with Gasteiger partial charge in [0, 0.05) is 22.8 Å². The monoisotopic (exact) mass is 195 g/mol. The Bertz CT molecular complexity index is 314. The molecule has 0 bridgehead atoms. The number of hydrogen-bond acceptors (Lipinski definition) is 3. The molecule has 0 spiro atoms. The van der Waals surface area contributed by atoms with Crippen molar-refractivity contribution in [2.45, 2.75) is 19.0 Å². The third-order valence-corrected chi connectivity index (χ3v) is 1.96. The number of nitrogens with zero attached hydrogens (tertiary/aromatic N) is 7. The maximum Gasteiger partial charge on any atom is 0.223 e. The average molecular weight is 195 g/mol. The summed E-state index contributed by atoms with van der Waals surface area (Å²) >= 11 is 0. The molecule has 1 heterocycles. The summed E-state index contributed by atoms with van der Waals surface area (Å²) in [6.07, 6.45) is 0.547. The Morgan fingerprint density at radius 2 is 2.29 bits per heavy atom. The maximum absolute atomic E-state index is 11.3. The maximum atomic E-state index is 11.3. The fourth-order valence-corrected chi connectivity index (χ4v) is 1.35. The number of likely N-dealkylation sites (tertiary alicyclic amines) is 1. The second-order valence-electron chi connectivity index (χ2n) is 2.79. The molecular weight excluding hydrogens is 186 g/mol. The van der Waals surface area contributed by atoms with Crippen molar-refractivity contribution in [3.8, 4) is 0 Å². The molecule has 1 aliphatic heterocycles. The summed E-state index contributed by atoms with van der Waals surface area (Å²) in [4.78, 5) is 17.9. The Morgan fingerprint density at radius 3 is 2.79 bits per heavy atom. The van der Waals surface area contributed by atoms with Gasteiger partial charge in [0.05, 0.1) is 6.54 Å². The van der Waals surface area contributed by atoms with Gasteiger partial charge in [-0.05, 0) is 17.5 Å². The highest BCUT2D eigenvalue weighted by molar-refractivity contribution is 5.78. The standard InChI is InChI=1S/C6H9N7O/c7-11-9-4-5(10-12-8)13-3-1-2-6(13)14/h5H,1-4H2. The first kappa shape index (κ1) is 10.2. The molecule has 1 aliphatic rings. The van der Waals surface area contributed by atoms with E-state index in [2.05, 4.69) is 20.1 Å². The molecule has 1 fully saturated rings. The van der Waals surface area contributed by atoms with Crippen LogP contribution in [0.15, 0.2) is 10.2 Å². The summed E-state index contributed by atoms with van der Waals surface area (Å²) in [5, 5.41) is 6.71. The summed E-state index contributed by atoms with van der Waals surface area (Å²) in [5.41, 5.74) is 16.4. The third-order valence-electron chi connectivity index (χ3n) is 1.96. The molecule has 0 aromatic carbocycles. The molecule has 0 radical (unpaired) electrons. The minimum absolute atomic E-state index is 0.00764. The summed E-state index contributed by atoms with van der Waals surface area (Å²) in [6, 6.07) is 0. The quantitative estimate of drug-likeness (QED) is 0.377. The van der Waals surface area contributed by atoms with Crippen molar-refractivity contribution >= 4 is 5.91 Å². The van der Waals surface area contributed by atoms with Crippen LogP contribution in [0.3, 0.4) is 0 Å². The molecule has 0 aliphatic carbocycles. The lowest BCUT2D eigenvalue weighted by molar-refractivity contribution is -0.129. The lowest BCUT2D eigenvalue weighted by Crippen LogP contribution is -2.36. The fourth-order valence-electron chi connectivity index (χ4n) is 1.35. The van der Waals surface area contributed by atoms with Gasteiger partial charge in [-0.3, -0.25) is 4.79 Å². The molecule has 1 saturated heterocycles. The van der Waals surface area contributed by atoms with Crippen molar-refractivity contribution in [1.82, 2.24) is 4.90 Å². The molecule has 1 atom stereocenters. The van der Waals surface area contributed by atoms with Crippen molar-refractivity contribution < 1.29 is 4.79 Å². The SMILES string of the molecule is [N-]=[N+]=NCC(N=[N+]=[N-])N1CCCC1=O. The lowest BCUT2D eigenvalue weighted by Gasteiger charge is -2.21. The highest BCUT2D eigenvalue weighted by Gasteiger charge is 2.26. The van der Waals surface area contributed by atoms with Crippen LogP contribution in [0.1, 0.15) is 12.8 Å². The first-order valence-electron chi connectivity index (χ1n) is 4.14. The van der Waals surface area contributed by atoms with Crippen LogP contribution in [0.5, 0.6) is 0 Å². The zero-order valence-electron chi connectivity index (χ0n) is 7.44. The van der Waals surface area contributed by atoms with E-state index < -0.39 is 6.17 Å². The zero-order chi connectivity index (χ0) is 10.4. The van der Waals surface area contributed by atoms with Gasteiger partial charge in [-0.25, -0.2) is 0 Å². The predicted molar refractivity (Wildman–Crippen MR) is 47.9 cm³/mol. The Morgan fingerprint density at radius 1 is 1.50 bits per heavy atom. The van der Waals surface area contributed by atoms with Crippen molar-refractivity contribution in [1.29, 1.82) is 0 Å². The first-order valence-corrected chi connectivity index (χ1v) is 4.14. The highest BCUT2D eigenvalue weighted by atomic mass is 16.2.